The van der Waals surface area contributed by atoms with Crippen molar-refractivity contribution in [1.82, 2.24) is 0 Å². The van der Waals surface area contributed by atoms with Gasteiger partial charge in [0.05, 0.1) is 0 Å². The summed E-state index contributed by atoms with van der Waals surface area (Å²) < 4.78 is 0. The van der Waals surface area contributed by atoms with Crippen LogP contribution in [0.4, 0.5) is 0 Å². The second kappa shape index (κ2) is 9.79. The fraction of sp³-hybridized carbons (Fsp3) is 0.304. The maximum atomic E-state index is 6.66. The van der Waals surface area contributed by atoms with Gasteiger partial charge in [0.1, 0.15) is 8.83 Å². The highest BCUT2D eigenvalue weighted by Crippen LogP contribution is 2.44. The zero-order valence-corrected chi connectivity index (χ0v) is 17.6. The Hall–Kier alpha value is -1.57. The van der Waals surface area contributed by atoms with Crippen molar-refractivity contribution in [2.75, 3.05) is 0 Å². The van der Waals surface area contributed by atoms with E-state index in [9.17, 15) is 0 Å². The van der Waals surface area contributed by atoms with E-state index in [-0.39, 0.29) is 0 Å². The van der Waals surface area contributed by atoms with Crippen LogP contribution < -0.4 is 0 Å². The van der Waals surface area contributed by atoms with Gasteiger partial charge in [0.2, 0.25) is 0 Å². The van der Waals surface area contributed by atoms with Crippen LogP contribution in [0.5, 0.6) is 0 Å². The minimum atomic E-state index is -0.693. The number of hydrogen-bond acceptors (Lipinski definition) is 0. The Morgan fingerprint density at radius 1 is 0.880 bits per heavy atom. The van der Waals surface area contributed by atoms with Gasteiger partial charge in [0.25, 0.3) is 0 Å². The molecule has 0 aliphatic rings. The Morgan fingerprint density at radius 3 is 1.64 bits per heavy atom. The summed E-state index contributed by atoms with van der Waals surface area (Å²) in [6.07, 6.45) is 6.08. The normalized spacial score (nSPS) is 15.0. The van der Waals surface area contributed by atoms with Crippen molar-refractivity contribution in [3.05, 3.63) is 83.9 Å². The highest BCUT2D eigenvalue weighted by atomic mass is 35.6. The third-order valence-electron chi connectivity index (χ3n) is 5.24. The molecule has 0 saturated heterocycles. The molecule has 0 nitrogen and oxygen atoms in total. The quantitative estimate of drug-likeness (QED) is 0.338. The molecule has 0 amide bonds. The van der Waals surface area contributed by atoms with Gasteiger partial charge in [-0.25, -0.2) is 0 Å². The molecule has 0 fully saturated rings. The molecule has 25 heavy (non-hydrogen) atoms. The summed E-state index contributed by atoms with van der Waals surface area (Å²) in [6, 6.07) is 17.6. The second-order valence-electron chi connectivity index (χ2n) is 6.60. The molecule has 0 aromatic heterocycles. The van der Waals surface area contributed by atoms with E-state index in [1.54, 1.807) is 0 Å². The summed E-state index contributed by atoms with van der Waals surface area (Å²) in [5, 5.41) is 0. The van der Waals surface area contributed by atoms with Gasteiger partial charge < -0.3 is 0 Å². The molecule has 2 rings (SSSR count). The molecule has 2 aromatic rings. The fourth-order valence-corrected chi connectivity index (χ4v) is 6.83. The van der Waals surface area contributed by atoms with Crippen LogP contribution in [0.3, 0.4) is 0 Å². The van der Waals surface area contributed by atoms with Crippen LogP contribution in [-0.4, -0.2) is 8.83 Å². The van der Waals surface area contributed by atoms with E-state index in [4.69, 9.17) is 11.1 Å². The van der Waals surface area contributed by atoms with Gasteiger partial charge in [-0.2, -0.15) is 11.1 Å². The molecule has 2 aromatic carbocycles. The molecule has 0 spiro atoms. The Morgan fingerprint density at radius 2 is 1.32 bits per heavy atom. The summed E-state index contributed by atoms with van der Waals surface area (Å²) >= 11 is 6.66. The second-order valence-corrected chi connectivity index (χ2v) is 8.77. The smallest absolute Gasteiger partial charge is 0.129 e. The van der Waals surface area contributed by atoms with Crippen molar-refractivity contribution in [2.24, 2.45) is 0 Å². The standard InChI is InChI=1S/C23H29ClSi/c1-5-17-11-9-13-19(15-17)21(7-3)23(25-24)22(8-4)20-14-10-12-18(6-2)16-20/h5-6,9-16,21-23H,1-2,7-8,25H2,3-4H3. The molecule has 0 saturated carbocycles. The molecule has 2 heteroatoms. The van der Waals surface area contributed by atoms with Crippen LogP contribution >= 0.6 is 11.1 Å². The van der Waals surface area contributed by atoms with Crippen LogP contribution in [0.2, 0.25) is 5.54 Å². The third kappa shape index (κ3) is 4.74. The van der Waals surface area contributed by atoms with Gasteiger partial charge in [-0.1, -0.05) is 87.7 Å². The van der Waals surface area contributed by atoms with Gasteiger partial charge in [0.15, 0.2) is 0 Å². The van der Waals surface area contributed by atoms with E-state index in [0.29, 0.717) is 17.4 Å². The minimum absolute atomic E-state index is 0.501. The van der Waals surface area contributed by atoms with Crippen LogP contribution in [-0.2, 0) is 0 Å². The first-order valence-electron chi connectivity index (χ1n) is 9.19. The Kier molecular flexibility index (Phi) is 7.73. The van der Waals surface area contributed by atoms with E-state index < -0.39 is 8.83 Å². The van der Waals surface area contributed by atoms with Crippen molar-refractivity contribution in [2.45, 2.75) is 44.1 Å². The maximum Gasteiger partial charge on any atom is 0.129 e. The topological polar surface area (TPSA) is 0 Å². The highest BCUT2D eigenvalue weighted by Gasteiger charge is 2.29. The molecule has 0 bridgehead atoms. The first-order chi connectivity index (χ1) is 12.2. The van der Waals surface area contributed by atoms with Gasteiger partial charge in [-0.05, 0) is 52.5 Å². The molecule has 0 aliphatic heterocycles. The van der Waals surface area contributed by atoms with Crippen LogP contribution in [0, 0.1) is 0 Å². The number of hydrogen-bond donors (Lipinski definition) is 0. The highest BCUT2D eigenvalue weighted by molar-refractivity contribution is 6.94. The lowest BCUT2D eigenvalue weighted by Gasteiger charge is -2.32. The zero-order valence-electron chi connectivity index (χ0n) is 15.4. The number of halogens is 1. The molecule has 132 valence electrons. The van der Waals surface area contributed by atoms with Crippen LogP contribution in [0.25, 0.3) is 12.2 Å². The molecule has 0 N–H and O–H groups in total. The van der Waals surface area contributed by atoms with E-state index in [1.165, 1.54) is 22.3 Å². The van der Waals surface area contributed by atoms with E-state index in [0.717, 1.165) is 12.8 Å². The largest absolute Gasteiger partial charge is 0.176 e. The number of rotatable bonds is 9. The third-order valence-corrected chi connectivity index (χ3v) is 7.80. The lowest BCUT2D eigenvalue weighted by atomic mass is 9.81. The summed E-state index contributed by atoms with van der Waals surface area (Å²) in [7, 11) is -0.693. The summed E-state index contributed by atoms with van der Waals surface area (Å²) in [4.78, 5) is 0. The van der Waals surface area contributed by atoms with Crippen LogP contribution in [0.1, 0.15) is 60.8 Å². The van der Waals surface area contributed by atoms with Gasteiger partial charge in [-0.15, -0.1) is 0 Å². The Balaban J connectivity index is 2.41. The van der Waals surface area contributed by atoms with E-state index >= 15 is 0 Å². The van der Waals surface area contributed by atoms with Crippen LogP contribution in [0.15, 0.2) is 61.7 Å². The first-order valence-corrected chi connectivity index (χ1v) is 12.1. The molecule has 0 aliphatic carbocycles. The fourth-order valence-electron chi connectivity index (χ4n) is 3.90. The van der Waals surface area contributed by atoms with Crippen molar-refractivity contribution in [3.63, 3.8) is 0 Å². The zero-order chi connectivity index (χ0) is 18.2. The Bertz CT molecular complexity index is 647. The molecule has 2 atom stereocenters. The van der Waals surface area contributed by atoms with Gasteiger partial charge in [-0.3, -0.25) is 0 Å². The summed E-state index contributed by atoms with van der Waals surface area (Å²) in [5.74, 6) is 1.00. The lowest BCUT2D eigenvalue weighted by Crippen LogP contribution is -2.19. The average molecular weight is 369 g/mol. The van der Waals surface area contributed by atoms with Gasteiger partial charge in [0, 0.05) is 0 Å². The first kappa shape index (κ1) is 19.7. The lowest BCUT2D eigenvalue weighted by molar-refractivity contribution is 0.507. The van der Waals surface area contributed by atoms with Crippen molar-refractivity contribution in [1.29, 1.82) is 0 Å². The Labute approximate surface area is 160 Å². The summed E-state index contributed by atoms with van der Waals surface area (Å²) in [6.45, 7) is 12.4. The molecule has 0 radical (unpaired) electrons. The van der Waals surface area contributed by atoms with E-state index in [2.05, 4.69) is 75.5 Å². The molecule has 0 heterocycles. The molecule has 2 unspecified atom stereocenters. The SMILES string of the molecule is C=Cc1cccc(C(CC)C([SiH2]Cl)C(CC)c2cccc(C=C)c2)c1. The molecular weight excluding hydrogens is 340 g/mol. The average Bonchev–Trinajstić information content (AvgIpc) is 2.68. The monoisotopic (exact) mass is 368 g/mol. The minimum Gasteiger partial charge on any atom is -0.176 e. The predicted octanol–water partition coefficient (Wildman–Crippen LogP) is 6.77. The van der Waals surface area contributed by atoms with Crippen molar-refractivity contribution < 1.29 is 0 Å². The maximum absolute atomic E-state index is 6.66. The van der Waals surface area contributed by atoms with E-state index in [1.807, 2.05) is 12.2 Å². The summed E-state index contributed by atoms with van der Waals surface area (Å²) in [5.41, 5.74) is 5.71. The van der Waals surface area contributed by atoms with Crippen molar-refractivity contribution >= 4 is 32.1 Å². The molecular formula is C23H29ClSi. The predicted molar refractivity (Wildman–Crippen MR) is 117 cm³/mol. The number of benzene rings is 2. The van der Waals surface area contributed by atoms with Gasteiger partial charge >= 0.3 is 0 Å². The van der Waals surface area contributed by atoms with Crippen molar-refractivity contribution in [3.8, 4) is 0 Å².